The van der Waals surface area contributed by atoms with Crippen molar-refractivity contribution in [3.63, 3.8) is 0 Å². The number of amides is 2. The van der Waals surface area contributed by atoms with Gasteiger partial charge in [-0.2, -0.15) is 8.78 Å². The lowest BCUT2D eigenvalue weighted by atomic mass is 10.2. The molecule has 0 aliphatic heterocycles. The van der Waals surface area contributed by atoms with Gasteiger partial charge in [0.05, 0.1) is 39.4 Å². The molecule has 0 radical (unpaired) electrons. The van der Waals surface area contributed by atoms with E-state index in [1.54, 1.807) is 0 Å². The average Bonchev–Trinajstić information content (AvgIpc) is 2.71. The Hall–Kier alpha value is -2.80. The summed E-state index contributed by atoms with van der Waals surface area (Å²) in [6, 6.07) is 0. The standard InChI is InChI=1S/C16H17F5N2O6/c17-11-12(18)14(20)16(15(21)13(11)19)29-10(26)1-3-27-5-6-28-4-2-23-9(25)7-22-8-24/h8H,1-7H2,(H,22,24)(H,23,25). The van der Waals surface area contributed by atoms with Gasteiger partial charge in [-0.1, -0.05) is 0 Å². The van der Waals surface area contributed by atoms with E-state index in [4.69, 9.17) is 9.47 Å². The highest BCUT2D eigenvalue weighted by atomic mass is 19.2. The van der Waals surface area contributed by atoms with E-state index < -0.39 is 53.1 Å². The zero-order valence-electron chi connectivity index (χ0n) is 14.9. The van der Waals surface area contributed by atoms with Crippen molar-refractivity contribution < 1.29 is 50.5 Å². The molecule has 13 heteroatoms. The van der Waals surface area contributed by atoms with Crippen LogP contribution >= 0.6 is 0 Å². The minimum atomic E-state index is -2.36. The van der Waals surface area contributed by atoms with Crippen molar-refractivity contribution in [1.29, 1.82) is 0 Å². The molecule has 0 fully saturated rings. The minimum Gasteiger partial charge on any atom is -0.420 e. The van der Waals surface area contributed by atoms with Crippen LogP contribution in [0.25, 0.3) is 0 Å². The fourth-order valence-corrected chi connectivity index (χ4v) is 1.78. The van der Waals surface area contributed by atoms with Gasteiger partial charge in [0, 0.05) is 6.54 Å². The number of carbonyl (C=O) groups is 3. The largest absolute Gasteiger partial charge is 0.420 e. The van der Waals surface area contributed by atoms with Crippen LogP contribution in [0, 0.1) is 29.1 Å². The SMILES string of the molecule is O=CNCC(=O)NCCOCCOCCC(=O)Oc1c(F)c(F)c(F)c(F)c1F. The molecule has 1 aromatic carbocycles. The summed E-state index contributed by atoms with van der Waals surface area (Å²) < 4.78 is 79.9. The maximum Gasteiger partial charge on any atom is 0.313 e. The van der Waals surface area contributed by atoms with E-state index in [1.807, 2.05) is 0 Å². The van der Waals surface area contributed by atoms with Gasteiger partial charge in [0.2, 0.25) is 47.2 Å². The number of esters is 1. The molecule has 0 aromatic heterocycles. The minimum absolute atomic E-state index is 0.0243. The third-order valence-electron chi connectivity index (χ3n) is 3.12. The Labute approximate surface area is 161 Å². The van der Waals surface area contributed by atoms with E-state index >= 15 is 0 Å². The first-order chi connectivity index (χ1) is 13.8. The van der Waals surface area contributed by atoms with Crippen molar-refractivity contribution in [1.82, 2.24) is 10.6 Å². The molecule has 0 unspecified atom stereocenters. The highest BCUT2D eigenvalue weighted by Gasteiger charge is 2.28. The fourth-order valence-electron chi connectivity index (χ4n) is 1.78. The highest BCUT2D eigenvalue weighted by Crippen LogP contribution is 2.29. The van der Waals surface area contributed by atoms with Crippen molar-refractivity contribution in [3.05, 3.63) is 29.1 Å². The van der Waals surface area contributed by atoms with Crippen molar-refractivity contribution in [3.8, 4) is 5.75 Å². The summed E-state index contributed by atoms with van der Waals surface area (Å²) >= 11 is 0. The second-order valence-electron chi connectivity index (χ2n) is 5.20. The second-order valence-corrected chi connectivity index (χ2v) is 5.20. The smallest absolute Gasteiger partial charge is 0.313 e. The van der Waals surface area contributed by atoms with Gasteiger partial charge in [0.25, 0.3) is 0 Å². The number of ether oxygens (including phenoxy) is 3. The van der Waals surface area contributed by atoms with Crippen molar-refractivity contribution in [2.75, 3.05) is 39.5 Å². The van der Waals surface area contributed by atoms with E-state index in [1.165, 1.54) is 0 Å². The molecule has 1 aromatic rings. The summed E-state index contributed by atoms with van der Waals surface area (Å²) in [5, 5.41) is 4.63. The third-order valence-corrected chi connectivity index (χ3v) is 3.12. The second kappa shape index (κ2) is 12.6. The molecule has 0 bridgehead atoms. The van der Waals surface area contributed by atoms with Crippen molar-refractivity contribution >= 4 is 18.3 Å². The van der Waals surface area contributed by atoms with E-state index in [9.17, 15) is 36.3 Å². The number of benzene rings is 1. The Morgan fingerprint density at radius 2 is 1.38 bits per heavy atom. The maximum atomic E-state index is 13.4. The van der Waals surface area contributed by atoms with Gasteiger partial charge < -0.3 is 24.8 Å². The Morgan fingerprint density at radius 3 is 1.97 bits per heavy atom. The van der Waals surface area contributed by atoms with Gasteiger partial charge in [0.15, 0.2) is 0 Å². The summed E-state index contributed by atoms with van der Waals surface area (Å²) in [7, 11) is 0. The Morgan fingerprint density at radius 1 is 0.828 bits per heavy atom. The van der Waals surface area contributed by atoms with Crippen LogP contribution in [0.1, 0.15) is 6.42 Å². The van der Waals surface area contributed by atoms with Crippen LogP contribution in [0.2, 0.25) is 0 Å². The molecule has 1 rings (SSSR count). The van der Waals surface area contributed by atoms with E-state index in [0.717, 1.165) is 0 Å². The van der Waals surface area contributed by atoms with Crippen molar-refractivity contribution in [2.45, 2.75) is 6.42 Å². The molecule has 0 spiro atoms. The number of nitrogens with one attached hydrogen (secondary N) is 2. The molecular weight excluding hydrogens is 411 g/mol. The van der Waals surface area contributed by atoms with Crippen LogP contribution in [0.5, 0.6) is 5.75 Å². The molecule has 2 amide bonds. The fraction of sp³-hybridized carbons (Fsp3) is 0.438. The zero-order valence-corrected chi connectivity index (χ0v) is 14.9. The monoisotopic (exact) mass is 428 g/mol. The summed E-state index contributed by atoms with van der Waals surface area (Å²) in [6.45, 7) is 0.0388. The van der Waals surface area contributed by atoms with Crippen LogP contribution in [0.4, 0.5) is 22.0 Å². The average molecular weight is 428 g/mol. The third kappa shape index (κ3) is 7.99. The van der Waals surface area contributed by atoms with Crippen LogP contribution in [-0.2, 0) is 23.9 Å². The molecule has 0 saturated carbocycles. The molecule has 162 valence electrons. The molecule has 0 heterocycles. The predicted octanol–water partition coefficient (Wildman–Crippen LogP) is 0.573. The molecule has 0 aliphatic carbocycles. The van der Waals surface area contributed by atoms with Crippen LogP contribution in [-0.4, -0.2) is 57.8 Å². The van der Waals surface area contributed by atoms with E-state index in [2.05, 4.69) is 15.4 Å². The number of hydrogen-bond donors (Lipinski definition) is 2. The molecule has 29 heavy (non-hydrogen) atoms. The van der Waals surface area contributed by atoms with Gasteiger partial charge in [0.1, 0.15) is 0 Å². The zero-order chi connectivity index (χ0) is 21.8. The van der Waals surface area contributed by atoms with Gasteiger partial charge in [-0.05, 0) is 0 Å². The number of hydrogen-bond acceptors (Lipinski definition) is 6. The maximum absolute atomic E-state index is 13.4. The summed E-state index contributed by atoms with van der Waals surface area (Å²) in [5.41, 5.74) is 0. The first-order valence-electron chi connectivity index (χ1n) is 8.10. The number of rotatable bonds is 13. The molecule has 8 nitrogen and oxygen atoms in total. The Kier molecular flexibility index (Phi) is 10.5. The van der Waals surface area contributed by atoms with Crippen LogP contribution in [0.3, 0.4) is 0 Å². The molecule has 0 atom stereocenters. The predicted molar refractivity (Wildman–Crippen MR) is 85.2 cm³/mol. The topological polar surface area (TPSA) is 103 Å². The molecule has 0 saturated heterocycles. The molecule has 2 N–H and O–H groups in total. The number of carbonyl (C=O) groups excluding carboxylic acids is 3. The molecular formula is C16H17F5N2O6. The van der Waals surface area contributed by atoms with Gasteiger partial charge in [-0.3, -0.25) is 14.4 Å². The van der Waals surface area contributed by atoms with Crippen LogP contribution in [0.15, 0.2) is 0 Å². The van der Waals surface area contributed by atoms with E-state index in [-0.39, 0.29) is 39.5 Å². The van der Waals surface area contributed by atoms with Gasteiger partial charge >= 0.3 is 5.97 Å². The first-order valence-corrected chi connectivity index (χ1v) is 8.10. The van der Waals surface area contributed by atoms with Gasteiger partial charge in [-0.25, -0.2) is 13.2 Å². The summed E-state index contributed by atoms with van der Waals surface area (Å²) in [4.78, 5) is 32.5. The Balaban J connectivity index is 2.20. The number of halogens is 5. The van der Waals surface area contributed by atoms with E-state index in [0.29, 0.717) is 6.41 Å². The highest BCUT2D eigenvalue weighted by molar-refractivity contribution is 5.79. The molecule has 0 aliphatic rings. The lowest BCUT2D eigenvalue weighted by Gasteiger charge is -2.09. The quantitative estimate of drug-likeness (QED) is 0.0906. The normalized spacial score (nSPS) is 10.5. The van der Waals surface area contributed by atoms with Crippen LogP contribution < -0.4 is 15.4 Å². The summed E-state index contributed by atoms with van der Waals surface area (Å²) in [6.07, 6.45) is -0.133. The van der Waals surface area contributed by atoms with Crippen molar-refractivity contribution in [2.24, 2.45) is 0 Å². The Bertz CT molecular complexity index is 705. The lowest BCUT2D eigenvalue weighted by molar-refractivity contribution is -0.136. The first kappa shape index (κ1) is 24.2. The summed E-state index contributed by atoms with van der Waals surface area (Å²) in [5.74, 6) is -14.7. The van der Waals surface area contributed by atoms with Gasteiger partial charge in [-0.15, -0.1) is 0 Å². The lowest BCUT2D eigenvalue weighted by Crippen LogP contribution is -2.35.